The number of unbranched alkanes of at least 4 members (excludes halogenated alkanes) is 3. The van der Waals surface area contributed by atoms with Gasteiger partial charge in [-0.3, -0.25) is 4.57 Å². The normalized spacial score (nSPS) is 26.2. The Morgan fingerprint density at radius 2 is 2.15 bits per heavy atom. The van der Waals surface area contributed by atoms with Crippen LogP contribution in [0.25, 0.3) is 0 Å². The van der Waals surface area contributed by atoms with Crippen LogP contribution in [0.5, 0.6) is 0 Å². The lowest BCUT2D eigenvalue weighted by molar-refractivity contribution is -0.0743. The molecule has 4 N–H and O–H groups in total. The summed E-state index contributed by atoms with van der Waals surface area (Å²) < 4.78 is 28.8. The fourth-order valence-electron chi connectivity index (χ4n) is 2.86. The van der Waals surface area contributed by atoms with Gasteiger partial charge >= 0.3 is 13.9 Å². The van der Waals surface area contributed by atoms with E-state index in [-0.39, 0.29) is 5.82 Å². The van der Waals surface area contributed by atoms with E-state index in [0.29, 0.717) is 6.61 Å². The minimum atomic E-state index is -2.94. The molecule has 0 aliphatic carbocycles. The molecule has 1 aliphatic heterocycles. The van der Waals surface area contributed by atoms with Gasteiger partial charge in [0.2, 0.25) is 0 Å². The Kier molecular flexibility index (Phi) is 8.08. The number of hydrogen-bond donors (Lipinski definition) is 3. The maximum absolute atomic E-state index is 12.1. The van der Waals surface area contributed by atoms with Crippen LogP contribution in [0.3, 0.4) is 0 Å². The predicted octanol–water partition coefficient (Wildman–Crippen LogP) is 0.716. The van der Waals surface area contributed by atoms with Gasteiger partial charge in [0.15, 0.2) is 12.3 Å². The third-order valence-electron chi connectivity index (χ3n) is 4.11. The SMILES string of the molecule is CCCCCCOC1C(O[P+](=O)O)[C@@H](CO)O[C@H]1n1ccc(N)nc1=O. The number of rotatable bonds is 10. The maximum atomic E-state index is 12.1. The lowest BCUT2D eigenvalue weighted by atomic mass is 10.1. The average Bonchev–Trinajstić information content (AvgIpc) is 2.91. The molecule has 1 aliphatic rings. The Hall–Kier alpha value is -1.42. The molecule has 0 spiro atoms. The number of nitrogens with two attached hydrogens (primary N) is 1. The van der Waals surface area contributed by atoms with Crippen molar-refractivity contribution in [2.24, 2.45) is 0 Å². The highest BCUT2D eigenvalue weighted by Gasteiger charge is 2.51. The Morgan fingerprint density at radius 3 is 2.77 bits per heavy atom. The lowest BCUT2D eigenvalue weighted by Gasteiger charge is -2.22. The summed E-state index contributed by atoms with van der Waals surface area (Å²) in [5.41, 5.74) is 4.85. The van der Waals surface area contributed by atoms with E-state index < -0.39 is 45.1 Å². The molecule has 146 valence electrons. The first-order valence-corrected chi connectivity index (χ1v) is 9.66. The van der Waals surface area contributed by atoms with Gasteiger partial charge in [-0.2, -0.15) is 4.98 Å². The van der Waals surface area contributed by atoms with Crippen molar-refractivity contribution in [2.75, 3.05) is 18.9 Å². The van der Waals surface area contributed by atoms with Gasteiger partial charge in [0, 0.05) is 17.4 Å². The zero-order valence-corrected chi connectivity index (χ0v) is 15.5. The molecule has 5 atom stereocenters. The third kappa shape index (κ3) is 5.29. The molecule has 0 amide bonds. The fraction of sp³-hybridized carbons (Fsp3) is 0.733. The number of nitrogens with zero attached hydrogens (tertiary/aromatic N) is 2. The molecule has 2 rings (SSSR count). The van der Waals surface area contributed by atoms with Crippen LogP contribution in [-0.2, 0) is 18.6 Å². The van der Waals surface area contributed by atoms with E-state index in [0.717, 1.165) is 25.7 Å². The van der Waals surface area contributed by atoms with Crippen LogP contribution in [0.15, 0.2) is 17.1 Å². The highest BCUT2D eigenvalue weighted by Crippen LogP contribution is 2.37. The summed E-state index contributed by atoms with van der Waals surface area (Å²) in [5.74, 6) is 0.0613. The topological polar surface area (TPSA) is 146 Å². The number of aliphatic hydroxyl groups excluding tert-OH is 1. The second kappa shape index (κ2) is 10.1. The highest BCUT2D eigenvalue weighted by molar-refractivity contribution is 7.32. The number of anilines is 1. The van der Waals surface area contributed by atoms with Gasteiger partial charge in [0.25, 0.3) is 0 Å². The first-order valence-electron chi connectivity index (χ1n) is 8.53. The van der Waals surface area contributed by atoms with Gasteiger partial charge in [0.05, 0.1) is 6.61 Å². The molecule has 3 unspecified atom stereocenters. The standard InChI is InChI=1S/C15H24N3O7P/c1-2-3-4-5-8-23-13-12(25-26(21)22)10(9-19)24-14(13)18-7-6-11(16)17-15(18)20/h6-7,10,12-14,19H,2-5,8-9H2,1H3,(H2-,16,17,20,21,22)/p+1/t10-,12?,13?,14-/m1/s1. The van der Waals surface area contributed by atoms with E-state index >= 15 is 0 Å². The van der Waals surface area contributed by atoms with Gasteiger partial charge in [0.1, 0.15) is 18.0 Å². The molecule has 1 aromatic heterocycles. The van der Waals surface area contributed by atoms with Gasteiger partial charge in [-0.15, -0.1) is 9.42 Å². The summed E-state index contributed by atoms with van der Waals surface area (Å²) in [4.78, 5) is 24.9. The predicted molar refractivity (Wildman–Crippen MR) is 92.5 cm³/mol. The Labute approximate surface area is 151 Å². The first-order chi connectivity index (χ1) is 12.5. The number of aliphatic hydroxyl groups is 1. The van der Waals surface area contributed by atoms with Gasteiger partial charge in [-0.25, -0.2) is 4.79 Å². The Bertz CT molecular complexity index is 656. The van der Waals surface area contributed by atoms with Crippen LogP contribution in [0.4, 0.5) is 5.82 Å². The summed E-state index contributed by atoms with van der Waals surface area (Å²) in [6, 6.07) is 1.43. The molecule has 1 fully saturated rings. The van der Waals surface area contributed by atoms with E-state index in [1.165, 1.54) is 16.8 Å². The van der Waals surface area contributed by atoms with E-state index in [1.807, 2.05) is 0 Å². The molecule has 26 heavy (non-hydrogen) atoms. The van der Waals surface area contributed by atoms with Crippen LogP contribution < -0.4 is 11.4 Å². The minimum absolute atomic E-state index is 0.0613. The molecule has 0 bridgehead atoms. The largest absolute Gasteiger partial charge is 0.695 e. The second-order valence-corrected chi connectivity index (χ2v) is 6.68. The summed E-state index contributed by atoms with van der Waals surface area (Å²) in [5, 5.41) is 9.53. The molecule has 0 radical (unpaired) electrons. The summed E-state index contributed by atoms with van der Waals surface area (Å²) >= 11 is 0. The minimum Gasteiger partial charge on any atom is -0.394 e. The molecule has 2 heterocycles. The molecular weight excluding hydrogens is 365 g/mol. The smallest absolute Gasteiger partial charge is 0.394 e. The second-order valence-electron chi connectivity index (χ2n) is 5.99. The molecule has 0 aromatic carbocycles. The monoisotopic (exact) mass is 390 g/mol. The van der Waals surface area contributed by atoms with Crippen molar-refractivity contribution in [1.29, 1.82) is 0 Å². The van der Waals surface area contributed by atoms with E-state index in [4.69, 9.17) is 24.6 Å². The van der Waals surface area contributed by atoms with Crippen LogP contribution in [0.2, 0.25) is 0 Å². The Balaban J connectivity index is 2.21. The van der Waals surface area contributed by atoms with Crippen molar-refractivity contribution >= 4 is 14.1 Å². The molecule has 0 saturated carbocycles. The summed E-state index contributed by atoms with van der Waals surface area (Å²) in [6.45, 7) is 1.99. The summed E-state index contributed by atoms with van der Waals surface area (Å²) in [7, 11) is -2.94. The highest BCUT2D eigenvalue weighted by atomic mass is 31.1. The van der Waals surface area contributed by atoms with Crippen LogP contribution >= 0.6 is 8.25 Å². The van der Waals surface area contributed by atoms with Crippen molar-refractivity contribution in [3.63, 3.8) is 0 Å². The maximum Gasteiger partial charge on any atom is 0.695 e. The molecule has 1 saturated heterocycles. The van der Waals surface area contributed by atoms with Crippen LogP contribution in [0.1, 0.15) is 38.8 Å². The quantitative estimate of drug-likeness (QED) is 0.388. The number of nitrogen functional groups attached to an aromatic ring is 1. The lowest BCUT2D eigenvalue weighted by Crippen LogP contribution is -2.39. The van der Waals surface area contributed by atoms with Gasteiger partial charge in [-0.05, 0) is 12.5 Å². The number of hydrogen-bond acceptors (Lipinski definition) is 8. The van der Waals surface area contributed by atoms with Crippen LogP contribution in [0, 0.1) is 0 Å². The molecular formula is C15H25N3O7P+. The molecule has 10 nitrogen and oxygen atoms in total. The van der Waals surface area contributed by atoms with Gasteiger partial charge < -0.3 is 20.3 Å². The Morgan fingerprint density at radius 1 is 1.38 bits per heavy atom. The average molecular weight is 390 g/mol. The molecule has 1 aromatic rings. The van der Waals surface area contributed by atoms with Crippen molar-refractivity contribution in [1.82, 2.24) is 9.55 Å². The zero-order chi connectivity index (χ0) is 19.1. The molecule has 11 heteroatoms. The van der Waals surface area contributed by atoms with Gasteiger partial charge in [-0.1, -0.05) is 26.2 Å². The van der Waals surface area contributed by atoms with E-state index in [2.05, 4.69) is 11.9 Å². The van der Waals surface area contributed by atoms with Crippen molar-refractivity contribution < 1.29 is 28.6 Å². The fourth-order valence-corrected chi connectivity index (χ4v) is 3.32. The summed E-state index contributed by atoms with van der Waals surface area (Å²) in [6.07, 6.45) is 1.56. The van der Waals surface area contributed by atoms with Crippen molar-refractivity contribution in [3.8, 4) is 0 Å². The van der Waals surface area contributed by atoms with Crippen molar-refractivity contribution in [3.05, 3.63) is 22.7 Å². The van der Waals surface area contributed by atoms with Crippen LogP contribution in [-0.4, -0.2) is 51.1 Å². The first kappa shape index (κ1) is 20.9. The van der Waals surface area contributed by atoms with Crippen molar-refractivity contribution in [2.45, 2.75) is 57.1 Å². The van der Waals surface area contributed by atoms with E-state index in [1.54, 1.807) is 0 Å². The van der Waals surface area contributed by atoms with E-state index in [9.17, 15) is 14.5 Å². The zero-order valence-electron chi connectivity index (χ0n) is 14.6. The third-order valence-corrected chi connectivity index (χ3v) is 4.53. The number of ether oxygens (including phenoxy) is 2. The number of aromatic nitrogens is 2.